The van der Waals surface area contributed by atoms with E-state index in [9.17, 15) is 4.79 Å². The van der Waals surface area contributed by atoms with Crippen LogP contribution in [-0.4, -0.2) is 21.0 Å². The van der Waals surface area contributed by atoms with E-state index in [0.717, 1.165) is 22.5 Å². The summed E-state index contributed by atoms with van der Waals surface area (Å²) < 4.78 is 0. The first-order valence-electron chi connectivity index (χ1n) is 5.96. The number of carboxylic acids is 1. The van der Waals surface area contributed by atoms with Crippen molar-refractivity contribution in [1.29, 1.82) is 0 Å². The van der Waals surface area contributed by atoms with Crippen LogP contribution < -0.4 is 0 Å². The molecule has 0 bridgehead atoms. The Labute approximate surface area is 106 Å². The molecular weight excluding hydrogens is 228 g/mol. The molecule has 2 rings (SSSR count). The van der Waals surface area contributed by atoms with Gasteiger partial charge in [-0.25, -0.2) is 4.79 Å². The van der Waals surface area contributed by atoms with Crippen LogP contribution in [0, 0.1) is 27.7 Å². The van der Waals surface area contributed by atoms with E-state index >= 15 is 0 Å². The number of nitrogens with one attached hydrogen (secondary N) is 2. The van der Waals surface area contributed by atoms with Gasteiger partial charge in [-0.2, -0.15) is 0 Å². The Morgan fingerprint density at radius 3 is 2.22 bits per heavy atom. The molecule has 2 aromatic rings. The third-order valence-electron chi connectivity index (χ3n) is 3.74. The van der Waals surface area contributed by atoms with Crippen molar-refractivity contribution >= 4 is 5.97 Å². The van der Waals surface area contributed by atoms with Crippen molar-refractivity contribution in [1.82, 2.24) is 9.97 Å². The standard InChI is InChI=1S/C14H18N2O2/c1-7-6-15-11(8(7)2)5-12-9(3)10(4)13(16-12)14(17)18/h6,15-16H,5H2,1-4H3,(H,17,18). The molecule has 0 saturated carbocycles. The molecule has 0 aliphatic rings. The summed E-state index contributed by atoms with van der Waals surface area (Å²) in [6, 6.07) is 0. The van der Waals surface area contributed by atoms with Gasteiger partial charge in [0.2, 0.25) is 0 Å². The fraction of sp³-hybridized carbons (Fsp3) is 0.357. The van der Waals surface area contributed by atoms with Crippen LogP contribution in [0.2, 0.25) is 0 Å². The molecule has 0 fully saturated rings. The molecule has 0 saturated heterocycles. The van der Waals surface area contributed by atoms with Gasteiger partial charge in [0.1, 0.15) is 5.69 Å². The van der Waals surface area contributed by atoms with E-state index in [4.69, 9.17) is 5.11 Å². The van der Waals surface area contributed by atoms with E-state index < -0.39 is 5.97 Å². The topological polar surface area (TPSA) is 68.9 Å². The number of hydrogen-bond donors (Lipinski definition) is 3. The highest BCUT2D eigenvalue weighted by atomic mass is 16.4. The Balaban J connectivity index is 2.38. The average Bonchev–Trinajstić information content (AvgIpc) is 2.77. The molecule has 0 unspecified atom stereocenters. The van der Waals surface area contributed by atoms with Crippen molar-refractivity contribution in [2.75, 3.05) is 0 Å². The summed E-state index contributed by atoms with van der Waals surface area (Å²) in [5.41, 5.74) is 6.70. The zero-order valence-electron chi connectivity index (χ0n) is 11.1. The largest absolute Gasteiger partial charge is 0.477 e. The van der Waals surface area contributed by atoms with Crippen LogP contribution in [0.15, 0.2) is 6.20 Å². The molecule has 2 aromatic heterocycles. The third kappa shape index (κ3) is 1.94. The van der Waals surface area contributed by atoms with Crippen molar-refractivity contribution in [2.24, 2.45) is 0 Å². The number of aromatic nitrogens is 2. The summed E-state index contributed by atoms with van der Waals surface area (Å²) in [5, 5.41) is 9.09. The number of carbonyl (C=O) groups is 1. The highest BCUT2D eigenvalue weighted by Crippen LogP contribution is 2.22. The maximum Gasteiger partial charge on any atom is 0.352 e. The van der Waals surface area contributed by atoms with Crippen LogP contribution in [0.3, 0.4) is 0 Å². The van der Waals surface area contributed by atoms with Gasteiger partial charge in [-0.3, -0.25) is 0 Å². The van der Waals surface area contributed by atoms with Gasteiger partial charge in [0.15, 0.2) is 0 Å². The van der Waals surface area contributed by atoms with Crippen molar-refractivity contribution in [3.8, 4) is 0 Å². The molecule has 0 atom stereocenters. The molecule has 0 amide bonds. The highest BCUT2D eigenvalue weighted by Gasteiger charge is 2.16. The monoisotopic (exact) mass is 246 g/mol. The minimum Gasteiger partial charge on any atom is -0.477 e. The molecule has 96 valence electrons. The van der Waals surface area contributed by atoms with Gasteiger partial charge in [-0.05, 0) is 49.9 Å². The number of rotatable bonds is 3. The van der Waals surface area contributed by atoms with Gasteiger partial charge in [0.05, 0.1) is 0 Å². The quantitative estimate of drug-likeness (QED) is 0.779. The van der Waals surface area contributed by atoms with E-state index in [1.54, 1.807) is 0 Å². The lowest BCUT2D eigenvalue weighted by Crippen LogP contribution is -1.99. The predicted octanol–water partition coefficient (Wildman–Crippen LogP) is 2.87. The Kier molecular flexibility index (Phi) is 3.03. The van der Waals surface area contributed by atoms with Crippen molar-refractivity contribution in [2.45, 2.75) is 34.1 Å². The van der Waals surface area contributed by atoms with Crippen LogP contribution in [0.4, 0.5) is 0 Å². The van der Waals surface area contributed by atoms with Crippen LogP contribution in [-0.2, 0) is 6.42 Å². The van der Waals surface area contributed by atoms with Crippen molar-refractivity contribution < 1.29 is 9.90 Å². The first-order chi connectivity index (χ1) is 8.41. The number of aromatic carboxylic acids is 1. The zero-order chi connectivity index (χ0) is 13.4. The van der Waals surface area contributed by atoms with E-state index in [2.05, 4.69) is 23.8 Å². The molecular formula is C14H18N2O2. The zero-order valence-corrected chi connectivity index (χ0v) is 11.1. The summed E-state index contributed by atoms with van der Waals surface area (Å²) in [4.78, 5) is 17.3. The van der Waals surface area contributed by atoms with E-state index in [1.165, 1.54) is 11.1 Å². The predicted molar refractivity (Wildman–Crippen MR) is 70.3 cm³/mol. The second-order valence-corrected chi connectivity index (χ2v) is 4.79. The number of aryl methyl sites for hydroxylation is 1. The SMILES string of the molecule is Cc1c[nH]c(Cc2[nH]c(C(=O)O)c(C)c2C)c1C. The summed E-state index contributed by atoms with van der Waals surface area (Å²) in [6.07, 6.45) is 2.69. The molecule has 0 aliphatic carbocycles. The third-order valence-corrected chi connectivity index (χ3v) is 3.74. The lowest BCUT2D eigenvalue weighted by molar-refractivity contribution is 0.0690. The van der Waals surface area contributed by atoms with Gasteiger partial charge >= 0.3 is 5.97 Å². The molecule has 4 heteroatoms. The lowest BCUT2D eigenvalue weighted by atomic mass is 10.1. The lowest BCUT2D eigenvalue weighted by Gasteiger charge is -2.01. The number of aromatic amines is 2. The van der Waals surface area contributed by atoms with Crippen LogP contribution >= 0.6 is 0 Å². The summed E-state index contributed by atoms with van der Waals surface area (Å²) in [5.74, 6) is -0.902. The highest BCUT2D eigenvalue weighted by molar-refractivity contribution is 5.88. The number of carboxylic acid groups (broad SMARTS) is 1. The fourth-order valence-corrected chi connectivity index (χ4v) is 2.15. The minimum absolute atomic E-state index is 0.295. The van der Waals surface area contributed by atoms with Gasteiger partial charge in [0, 0.05) is 24.0 Å². The Hall–Kier alpha value is -1.97. The summed E-state index contributed by atoms with van der Waals surface area (Å²) >= 11 is 0. The van der Waals surface area contributed by atoms with Gasteiger partial charge in [-0.1, -0.05) is 0 Å². The molecule has 18 heavy (non-hydrogen) atoms. The number of H-pyrrole nitrogens is 2. The Bertz CT molecular complexity index is 606. The molecule has 4 nitrogen and oxygen atoms in total. The second-order valence-electron chi connectivity index (χ2n) is 4.79. The van der Waals surface area contributed by atoms with Crippen molar-refractivity contribution in [3.05, 3.63) is 45.5 Å². The molecule has 0 spiro atoms. The summed E-state index contributed by atoms with van der Waals surface area (Å²) in [7, 11) is 0. The fourth-order valence-electron chi connectivity index (χ4n) is 2.15. The Morgan fingerprint density at radius 1 is 1.11 bits per heavy atom. The van der Waals surface area contributed by atoms with Gasteiger partial charge < -0.3 is 15.1 Å². The van der Waals surface area contributed by atoms with Crippen LogP contribution in [0.1, 0.15) is 44.1 Å². The molecule has 2 heterocycles. The normalized spacial score (nSPS) is 10.9. The molecule has 0 aromatic carbocycles. The average molecular weight is 246 g/mol. The molecule has 0 radical (unpaired) electrons. The van der Waals surface area contributed by atoms with E-state index in [-0.39, 0.29) is 0 Å². The van der Waals surface area contributed by atoms with E-state index in [1.807, 2.05) is 20.0 Å². The van der Waals surface area contributed by atoms with E-state index in [0.29, 0.717) is 12.1 Å². The Morgan fingerprint density at radius 2 is 1.78 bits per heavy atom. The first-order valence-corrected chi connectivity index (χ1v) is 5.96. The maximum absolute atomic E-state index is 11.1. The van der Waals surface area contributed by atoms with Crippen molar-refractivity contribution in [3.63, 3.8) is 0 Å². The number of hydrogen-bond acceptors (Lipinski definition) is 1. The minimum atomic E-state index is -0.902. The smallest absolute Gasteiger partial charge is 0.352 e. The van der Waals surface area contributed by atoms with Crippen LogP contribution in [0.25, 0.3) is 0 Å². The summed E-state index contributed by atoms with van der Waals surface area (Å²) in [6.45, 7) is 7.93. The maximum atomic E-state index is 11.1. The molecule has 0 aliphatic heterocycles. The first kappa shape index (κ1) is 12.5. The van der Waals surface area contributed by atoms with Gasteiger partial charge in [-0.15, -0.1) is 0 Å². The van der Waals surface area contributed by atoms with Crippen LogP contribution in [0.5, 0.6) is 0 Å². The second kappa shape index (κ2) is 4.37. The van der Waals surface area contributed by atoms with Gasteiger partial charge in [0.25, 0.3) is 0 Å². The molecule has 3 N–H and O–H groups in total.